The van der Waals surface area contributed by atoms with Gasteiger partial charge in [-0.25, -0.2) is 5.43 Å². The van der Waals surface area contributed by atoms with Crippen LogP contribution in [0, 0.1) is 5.92 Å². The maximum absolute atomic E-state index is 12.2. The van der Waals surface area contributed by atoms with Crippen molar-refractivity contribution in [3.05, 3.63) is 54.1 Å². The lowest BCUT2D eigenvalue weighted by molar-refractivity contribution is -0.139. The Hall–Kier alpha value is -3.88. The summed E-state index contributed by atoms with van der Waals surface area (Å²) in [5, 5.41) is 9.00. The SMILES string of the molecule is COc1cccc(NC(=O)COc2ccccc2/C=N\NC(=O)C(=O)NCC(C)C)c1. The Morgan fingerprint density at radius 2 is 1.84 bits per heavy atom. The van der Waals surface area contributed by atoms with Crippen molar-refractivity contribution in [1.29, 1.82) is 0 Å². The second kappa shape index (κ2) is 12.0. The standard InChI is InChI=1S/C22H26N4O5/c1-15(2)12-23-21(28)22(29)26-24-13-16-7-4-5-10-19(16)31-14-20(27)25-17-8-6-9-18(11-17)30-3/h4-11,13,15H,12,14H2,1-3H3,(H,23,28)(H,25,27)(H,26,29)/b24-13-. The molecule has 2 aromatic carbocycles. The summed E-state index contributed by atoms with van der Waals surface area (Å²) >= 11 is 0. The number of carbonyl (C=O) groups is 3. The van der Waals surface area contributed by atoms with Crippen LogP contribution in [0.1, 0.15) is 19.4 Å². The minimum Gasteiger partial charge on any atom is -0.497 e. The van der Waals surface area contributed by atoms with E-state index in [0.717, 1.165) is 0 Å². The summed E-state index contributed by atoms with van der Waals surface area (Å²) in [5.74, 6) is -0.733. The van der Waals surface area contributed by atoms with E-state index in [2.05, 4.69) is 21.2 Å². The maximum Gasteiger partial charge on any atom is 0.329 e. The first-order valence-corrected chi connectivity index (χ1v) is 9.66. The van der Waals surface area contributed by atoms with Crippen LogP contribution >= 0.6 is 0 Å². The number of carbonyl (C=O) groups excluding carboxylic acids is 3. The summed E-state index contributed by atoms with van der Waals surface area (Å²) in [6, 6.07) is 13.8. The number of rotatable bonds is 9. The molecule has 0 saturated carbocycles. The van der Waals surface area contributed by atoms with Crippen LogP contribution in [0.3, 0.4) is 0 Å². The van der Waals surface area contributed by atoms with Gasteiger partial charge in [0.15, 0.2) is 6.61 Å². The van der Waals surface area contributed by atoms with Crippen LogP contribution in [-0.2, 0) is 14.4 Å². The Morgan fingerprint density at radius 3 is 2.58 bits per heavy atom. The molecule has 9 heteroatoms. The molecule has 0 bridgehead atoms. The number of amides is 3. The molecule has 0 saturated heterocycles. The van der Waals surface area contributed by atoms with Gasteiger partial charge >= 0.3 is 11.8 Å². The fourth-order valence-electron chi connectivity index (χ4n) is 2.35. The van der Waals surface area contributed by atoms with Gasteiger partial charge in [-0.2, -0.15) is 5.10 Å². The third-order valence-corrected chi connectivity index (χ3v) is 3.88. The quantitative estimate of drug-likeness (QED) is 0.322. The number of methoxy groups -OCH3 is 1. The molecule has 0 fully saturated rings. The largest absolute Gasteiger partial charge is 0.497 e. The Morgan fingerprint density at radius 1 is 1.06 bits per heavy atom. The first-order valence-electron chi connectivity index (χ1n) is 9.66. The molecule has 0 unspecified atom stereocenters. The Bertz CT molecular complexity index is 943. The van der Waals surface area contributed by atoms with E-state index < -0.39 is 11.8 Å². The smallest absolute Gasteiger partial charge is 0.329 e. The van der Waals surface area contributed by atoms with Gasteiger partial charge < -0.3 is 20.1 Å². The summed E-state index contributed by atoms with van der Waals surface area (Å²) < 4.78 is 10.7. The van der Waals surface area contributed by atoms with Gasteiger partial charge in [0.05, 0.1) is 13.3 Å². The number of nitrogens with one attached hydrogen (secondary N) is 3. The molecule has 164 valence electrons. The predicted octanol–water partition coefficient (Wildman–Crippen LogP) is 1.93. The fourth-order valence-corrected chi connectivity index (χ4v) is 2.35. The lowest BCUT2D eigenvalue weighted by atomic mass is 10.2. The van der Waals surface area contributed by atoms with Crippen molar-refractivity contribution < 1.29 is 23.9 Å². The second-order valence-corrected chi connectivity index (χ2v) is 6.91. The Kier molecular flexibility index (Phi) is 9.03. The van der Waals surface area contributed by atoms with Crippen molar-refractivity contribution in [2.45, 2.75) is 13.8 Å². The number of para-hydroxylation sites is 1. The van der Waals surface area contributed by atoms with Crippen molar-refractivity contribution in [1.82, 2.24) is 10.7 Å². The van der Waals surface area contributed by atoms with Crippen LogP contribution in [-0.4, -0.2) is 44.2 Å². The van der Waals surface area contributed by atoms with Crippen molar-refractivity contribution >= 4 is 29.6 Å². The highest BCUT2D eigenvalue weighted by atomic mass is 16.5. The third-order valence-electron chi connectivity index (χ3n) is 3.88. The monoisotopic (exact) mass is 426 g/mol. The predicted molar refractivity (Wildman–Crippen MR) is 117 cm³/mol. The van der Waals surface area contributed by atoms with Crippen molar-refractivity contribution in [2.75, 3.05) is 25.6 Å². The van der Waals surface area contributed by atoms with Gasteiger partial charge in [0.2, 0.25) is 0 Å². The molecule has 0 aromatic heterocycles. The van der Waals surface area contributed by atoms with E-state index >= 15 is 0 Å². The molecule has 0 spiro atoms. The summed E-state index contributed by atoms with van der Waals surface area (Å²) in [6.45, 7) is 4.00. The van der Waals surface area contributed by atoms with E-state index in [1.54, 1.807) is 55.6 Å². The molecule has 0 aliphatic rings. The van der Waals surface area contributed by atoms with Crippen molar-refractivity contribution in [3.8, 4) is 11.5 Å². The number of benzene rings is 2. The highest BCUT2D eigenvalue weighted by Gasteiger charge is 2.12. The third kappa shape index (κ3) is 8.17. The molecular formula is C22H26N4O5. The number of hydrogen-bond acceptors (Lipinski definition) is 6. The summed E-state index contributed by atoms with van der Waals surface area (Å²) in [5.41, 5.74) is 3.27. The van der Waals surface area contributed by atoms with Gasteiger partial charge in [-0.1, -0.05) is 32.0 Å². The molecule has 0 radical (unpaired) electrons. The van der Waals surface area contributed by atoms with Crippen LogP contribution in [0.15, 0.2) is 53.6 Å². The highest BCUT2D eigenvalue weighted by Crippen LogP contribution is 2.18. The van der Waals surface area contributed by atoms with E-state index in [1.807, 2.05) is 13.8 Å². The van der Waals surface area contributed by atoms with E-state index in [1.165, 1.54) is 6.21 Å². The Labute approximate surface area is 180 Å². The van der Waals surface area contributed by atoms with Gasteiger partial charge in [0.1, 0.15) is 11.5 Å². The van der Waals surface area contributed by atoms with E-state index in [4.69, 9.17) is 9.47 Å². The highest BCUT2D eigenvalue weighted by molar-refractivity contribution is 6.35. The summed E-state index contributed by atoms with van der Waals surface area (Å²) in [6.07, 6.45) is 1.34. The second-order valence-electron chi connectivity index (χ2n) is 6.91. The minimum atomic E-state index is -0.868. The van der Waals surface area contributed by atoms with E-state index in [0.29, 0.717) is 29.3 Å². The van der Waals surface area contributed by atoms with Gasteiger partial charge in [-0.3, -0.25) is 14.4 Å². The van der Waals surface area contributed by atoms with Gasteiger partial charge in [-0.05, 0) is 30.2 Å². The first-order chi connectivity index (χ1) is 14.9. The van der Waals surface area contributed by atoms with E-state index in [9.17, 15) is 14.4 Å². The van der Waals surface area contributed by atoms with Crippen LogP contribution in [0.4, 0.5) is 5.69 Å². The number of ether oxygens (including phenoxy) is 2. The normalized spacial score (nSPS) is 10.6. The molecule has 31 heavy (non-hydrogen) atoms. The molecule has 0 atom stereocenters. The molecule has 9 nitrogen and oxygen atoms in total. The topological polar surface area (TPSA) is 118 Å². The van der Waals surface area contributed by atoms with Crippen LogP contribution in [0.5, 0.6) is 11.5 Å². The van der Waals surface area contributed by atoms with Gasteiger partial charge in [0.25, 0.3) is 5.91 Å². The molecule has 0 aliphatic heterocycles. The number of hydrogen-bond donors (Lipinski definition) is 3. The van der Waals surface area contributed by atoms with Crippen molar-refractivity contribution in [2.24, 2.45) is 11.0 Å². The fraction of sp³-hybridized carbons (Fsp3) is 0.273. The average molecular weight is 426 g/mol. The first kappa shape index (κ1) is 23.4. The molecule has 0 aliphatic carbocycles. The molecule has 3 amide bonds. The molecule has 3 N–H and O–H groups in total. The Balaban J connectivity index is 1.89. The van der Waals surface area contributed by atoms with Crippen LogP contribution < -0.4 is 25.5 Å². The maximum atomic E-state index is 12.2. The van der Waals surface area contributed by atoms with Crippen LogP contribution in [0.2, 0.25) is 0 Å². The zero-order chi connectivity index (χ0) is 22.6. The number of nitrogens with zero attached hydrogens (tertiary/aromatic N) is 1. The minimum absolute atomic E-state index is 0.227. The lowest BCUT2D eigenvalue weighted by Crippen LogP contribution is -2.39. The molecular weight excluding hydrogens is 400 g/mol. The summed E-state index contributed by atoms with van der Waals surface area (Å²) in [4.78, 5) is 35.6. The van der Waals surface area contributed by atoms with Crippen molar-refractivity contribution in [3.63, 3.8) is 0 Å². The van der Waals surface area contributed by atoms with Crippen LogP contribution in [0.25, 0.3) is 0 Å². The zero-order valence-corrected chi connectivity index (χ0v) is 17.7. The van der Waals surface area contributed by atoms with E-state index in [-0.39, 0.29) is 18.4 Å². The number of anilines is 1. The van der Waals surface area contributed by atoms with Gasteiger partial charge in [-0.15, -0.1) is 0 Å². The lowest BCUT2D eigenvalue weighted by Gasteiger charge is -2.10. The molecule has 0 heterocycles. The van der Waals surface area contributed by atoms with Gasteiger partial charge in [0, 0.05) is 23.9 Å². The summed E-state index contributed by atoms with van der Waals surface area (Å²) in [7, 11) is 1.54. The number of hydrazone groups is 1. The average Bonchev–Trinajstić information content (AvgIpc) is 2.76. The molecule has 2 rings (SSSR count). The molecule has 2 aromatic rings. The zero-order valence-electron chi connectivity index (χ0n) is 17.7.